The van der Waals surface area contributed by atoms with Crippen LogP contribution >= 0.6 is 0 Å². The number of nitriles is 1. The molecule has 0 atom stereocenters. The van der Waals surface area contributed by atoms with E-state index in [1.807, 2.05) is 12.1 Å². The highest BCUT2D eigenvalue weighted by atomic mass is 15.2. The van der Waals surface area contributed by atoms with Crippen LogP contribution in [0.4, 0.5) is 5.82 Å². The third-order valence-electron chi connectivity index (χ3n) is 7.45. The van der Waals surface area contributed by atoms with Crippen molar-refractivity contribution in [1.82, 2.24) is 24.4 Å². The minimum atomic E-state index is 0.207. The summed E-state index contributed by atoms with van der Waals surface area (Å²) in [5, 5.41) is 12.5. The van der Waals surface area contributed by atoms with Gasteiger partial charge < -0.3 is 9.88 Å². The van der Waals surface area contributed by atoms with Crippen molar-refractivity contribution in [3.05, 3.63) is 84.1 Å². The molecule has 1 N–H and O–H groups in total. The summed E-state index contributed by atoms with van der Waals surface area (Å²) < 4.78 is 2.44. The SMILES string of the molecule is N#Cc1nccc(NC2CCN(Cc3ccc(-c4c(-c5ccccc5)nc5n4CCCC5)cc3)CC2)n1. The predicted molar refractivity (Wildman–Crippen MR) is 145 cm³/mol. The molecule has 0 spiro atoms. The quantitative estimate of drug-likeness (QED) is 0.396. The fourth-order valence-electron chi connectivity index (χ4n) is 5.54. The molecule has 2 aromatic carbocycles. The number of fused-ring (bicyclic) bond motifs is 1. The van der Waals surface area contributed by atoms with Crippen molar-refractivity contribution in [3.63, 3.8) is 0 Å². The van der Waals surface area contributed by atoms with Crippen LogP contribution in [0.15, 0.2) is 66.9 Å². The Morgan fingerprint density at radius 3 is 2.49 bits per heavy atom. The number of likely N-dealkylation sites (tertiary alicyclic amines) is 1. The first kappa shape index (κ1) is 23.4. The lowest BCUT2D eigenvalue weighted by atomic mass is 10.0. The van der Waals surface area contributed by atoms with Crippen molar-refractivity contribution >= 4 is 5.82 Å². The summed E-state index contributed by atoms with van der Waals surface area (Å²) in [6.45, 7) is 4.06. The van der Waals surface area contributed by atoms with Gasteiger partial charge in [0.1, 0.15) is 17.7 Å². The van der Waals surface area contributed by atoms with Gasteiger partial charge in [-0.3, -0.25) is 4.90 Å². The van der Waals surface area contributed by atoms with Crippen LogP contribution in [0.5, 0.6) is 0 Å². The van der Waals surface area contributed by atoms with Crippen LogP contribution in [0.1, 0.15) is 42.9 Å². The Balaban J connectivity index is 1.13. The lowest BCUT2D eigenvalue weighted by molar-refractivity contribution is 0.211. The van der Waals surface area contributed by atoms with Crippen molar-refractivity contribution in [2.24, 2.45) is 0 Å². The second kappa shape index (κ2) is 10.5. The van der Waals surface area contributed by atoms with Crippen molar-refractivity contribution in [2.45, 2.75) is 51.2 Å². The number of anilines is 1. The highest BCUT2D eigenvalue weighted by Gasteiger charge is 2.23. The van der Waals surface area contributed by atoms with Crippen LogP contribution in [0, 0.1) is 11.3 Å². The number of aryl methyl sites for hydroxylation is 1. The monoisotopic (exact) mass is 489 g/mol. The largest absolute Gasteiger partial charge is 0.367 e. The summed E-state index contributed by atoms with van der Waals surface area (Å²) in [4.78, 5) is 15.8. The molecule has 2 aliphatic rings. The van der Waals surface area contributed by atoms with Crippen LogP contribution in [0.25, 0.3) is 22.5 Å². The van der Waals surface area contributed by atoms with E-state index in [9.17, 15) is 0 Å². The molecule has 0 unspecified atom stereocenters. The van der Waals surface area contributed by atoms with Gasteiger partial charge in [-0.2, -0.15) is 5.26 Å². The molecular weight excluding hydrogens is 458 g/mol. The van der Waals surface area contributed by atoms with E-state index in [0.29, 0.717) is 6.04 Å². The molecule has 0 saturated carbocycles. The second-order valence-corrected chi connectivity index (χ2v) is 9.97. The smallest absolute Gasteiger partial charge is 0.234 e. The molecule has 2 aliphatic heterocycles. The number of benzene rings is 2. The maximum atomic E-state index is 9.02. The Bertz CT molecular complexity index is 1390. The molecule has 0 amide bonds. The average Bonchev–Trinajstić information content (AvgIpc) is 3.35. The molecule has 7 heteroatoms. The van der Waals surface area contributed by atoms with Crippen molar-refractivity contribution < 1.29 is 0 Å². The second-order valence-electron chi connectivity index (χ2n) is 9.97. The molecule has 7 nitrogen and oxygen atoms in total. The lowest BCUT2D eigenvalue weighted by Crippen LogP contribution is -2.38. The van der Waals surface area contributed by atoms with E-state index in [2.05, 4.69) is 79.3 Å². The zero-order valence-electron chi connectivity index (χ0n) is 21.0. The van der Waals surface area contributed by atoms with Crippen molar-refractivity contribution in [2.75, 3.05) is 18.4 Å². The number of nitrogens with one attached hydrogen (secondary N) is 1. The Kier molecular flexibility index (Phi) is 6.66. The Morgan fingerprint density at radius 1 is 0.892 bits per heavy atom. The Hall–Kier alpha value is -4.02. The third kappa shape index (κ3) is 5.11. The highest BCUT2D eigenvalue weighted by Crippen LogP contribution is 2.35. The van der Waals surface area contributed by atoms with E-state index in [1.54, 1.807) is 6.20 Å². The van der Waals surface area contributed by atoms with E-state index < -0.39 is 0 Å². The van der Waals surface area contributed by atoms with E-state index in [4.69, 9.17) is 10.2 Å². The summed E-state index contributed by atoms with van der Waals surface area (Å²) in [6.07, 6.45) is 7.22. The summed E-state index contributed by atoms with van der Waals surface area (Å²) in [5.74, 6) is 2.15. The summed E-state index contributed by atoms with van der Waals surface area (Å²) in [6, 6.07) is 23.9. The predicted octanol–water partition coefficient (Wildman–Crippen LogP) is 5.29. The van der Waals surface area contributed by atoms with Gasteiger partial charge in [0.25, 0.3) is 0 Å². The fraction of sp³-hybridized carbons (Fsp3) is 0.333. The molecule has 0 bridgehead atoms. The van der Waals surface area contributed by atoms with Crippen LogP contribution in [0.2, 0.25) is 0 Å². The third-order valence-corrected chi connectivity index (χ3v) is 7.45. The average molecular weight is 490 g/mol. The molecule has 4 heterocycles. The zero-order valence-corrected chi connectivity index (χ0v) is 21.0. The molecule has 37 heavy (non-hydrogen) atoms. The van der Waals surface area contributed by atoms with Crippen LogP contribution in [0.3, 0.4) is 0 Å². The van der Waals surface area contributed by atoms with Gasteiger partial charge in [0.2, 0.25) is 5.82 Å². The molecule has 1 fully saturated rings. The first-order chi connectivity index (χ1) is 18.3. The summed E-state index contributed by atoms with van der Waals surface area (Å²) in [7, 11) is 0. The first-order valence-electron chi connectivity index (χ1n) is 13.2. The minimum Gasteiger partial charge on any atom is -0.367 e. The van der Waals surface area contributed by atoms with E-state index in [0.717, 1.165) is 57.0 Å². The zero-order chi connectivity index (χ0) is 25.0. The molecule has 0 radical (unpaired) electrons. The molecular formula is C30H31N7. The lowest BCUT2D eigenvalue weighted by Gasteiger charge is -2.32. The van der Waals surface area contributed by atoms with E-state index >= 15 is 0 Å². The number of hydrogen-bond donors (Lipinski definition) is 1. The normalized spacial score (nSPS) is 16.2. The van der Waals surface area contributed by atoms with Gasteiger partial charge >= 0.3 is 0 Å². The van der Waals surface area contributed by atoms with Crippen molar-refractivity contribution in [1.29, 1.82) is 5.26 Å². The van der Waals surface area contributed by atoms with Gasteiger partial charge in [0.15, 0.2) is 0 Å². The molecule has 0 aliphatic carbocycles. The van der Waals surface area contributed by atoms with Gasteiger partial charge in [-0.1, -0.05) is 54.6 Å². The van der Waals surface area contributed by atoms with Gasteiger partial charge in [0.05, 0.1) is 11.4 Å². The van der Waals surface area contributed by atoms with Gasteiger partial charge in [-0.25, -0.2) is 15.0 Å². The number of nitrogens with zero attached hydrogens (tertiary/aromatic N) is 6. The van der Waals surface area contributed by atoms with Crippen molar-refractivity contribution in [3.8, 4) is 28.6 Å². The number of aromatic nitrogens is 4. The Morgan fingerprint density at radius 2 is 1.70 bits per heavy atom. The summed E-state index contributed by atoms with van der Waals surface area (Å²) in [5.41, 5.74) is 6.12. The number of rotatable bonds is 6. The van der Waals surface area contributed by atoms with Crippen LogP contribution < -0.4 is 5.32 Å². The van der Waals surface area contributed by atoms with Crippen LogP contribution in [-0.4, -0.2) is 43.6 Å². The highest BCUT2D eigenvalue weighted by molar-refractivity contribution is 5.79. The molecule has 4 aromatic rings. The molecule has 186 valence electrons. The number of piperidine rings is 1. The standard InChI is InChI=1S/C30H31N7/c31-20-27-32-16-13-26(34-27)33-25-14-18-36(19-15-25)21-22-9-11-24(12-10-22)30-29(23-6-2-1-3-7-23)35-28-8-4-5-17-37(28)30/h1-3,6-7,9-13,16,25H,4-5,8,14-15,17-19,21H2,(H,32,33,34). The summed E-state index contributed by atoms with van der Waals surface area (Å²) >= 11 is 0. The van der Waals surface area contributed by atoms with E-state index in [-0.39, 0.29) is 5.82 Å². The number of hydrogen-bond acceptors (Lipinski definition) is 6. The van der Waals surface area contributed by atoms with Gasteiger partial charge in [0, 0.05) is 56.0 Å². The number of imidazole rings is 1. The molecule has 6 rings (SSSR count). The minimum absolute atomic E-state index is 0.207. The topological polar surface area (TPSA) is 82.7 Å². The molecule has 1 saturated heterocycles. The van der Waals surface area contributed by atoms with Crippen LogP contribution in [-0.2, 0) is 19.5 Å². The maximum absolute atomic E-state index is 9.02. The van der Waals surface area contributed by atoms with Gasteiger partial charge in [-0.05, 0) is 37.3 Å². The maximum Gasteiger partial charge on any atom is 0.234 e. The van der Waals surface area contributed by atoms with E-state index in [1.165, 1.54) is 41.1 Å². The molecule has 2 aromatic heterocycles. The Labute approximate surface area is 217 Å². The van der Waals surface area contributed by atoms with Gasteiger partial charge in [-0.15, -0.1) is 0 Å². The fourth-order valence-corrected chi connectivity index (χ4v) is 5.54. The first-order valence-corrected chi connectivity index (χ1v) is 13.2.